The number of aromatic nitrogens is 6. The Labute approximate surface area is 288 Å². The fourth-order valence-corrected chi connectivity index (χ4v) is 5.47. The Bertz CT molecular complexity index is 1930. The highest BCUT2D eigenvalue weighted by molar-refractivity contribution is 5.95. The normalized spacial score (nSPS) is 15.6. The highest BCUT2D eigenvalue weighted by Crippen LogP contribution is 2.28. The molecule has 6 rings (SSSR count). The quantitative estimate of drug-likeness (QED) is 0.258. The molecule has 4 heterocycles. The van der Waals surface area contributed by atoms with E-state index in [9.17, 15) is 14.4 Å². The van der Waals surface area contributed by atoms with Gasteiger partial charge in [-0.2, -0.15) is 10.1 Å². The number of benzene rings is 2. The van der Waals surface area contributed by atoms with Crippen molar-refractivity contribution in [3.63, 3.8) is 0 Å². The van der Waals surface area contributed by atoms with Crippen LogP contribution in [-0.2, 0) is 22.6 Å². The molecular formula is C35H37N9O6. The smallest absolute Gasteiger partial charge is 0.251 e. The Morgan fingerprint density at radius 3 is 2.58 bits per heavy atom. The Morgan fingerprint density at radius 1 is 0.980 bits per heavy atom. The number of carbonyl (C=O) groups excluding carboxylic acids is 3. The standard InChI is InChI=1S/C35H37N9O6/c1-23-34-40-32(24-7-4-3-5-8-24)41-44(34)19-20-49-28-21-26(11-12-27(28)48-2)35(47)37-17-18-43(22-29(45)38-23)31(46)10-6-9-30-39-33(42-50-30)25-13-15-36-16-14-25/h3-5,7-8,11-16,21,23H,6,9-10,17-20,22H2,1-2H3,(H,37,47)(H,38,45)/t23-/m1/s1. The van der Waals surface area contributed by atoms with Crippen LogP contribution < -0.4 is 20.1 Å². The van der Waals surface area contributed by atoms with Crippen LogP contribution in [0.1, 0.15) is 47.9 Å². The molecule has 3 amide bonds. The van der Waals surface area contributed by atoms with Crippen molar-refractivity contribution in [1.82, 2.24) is 45.4 Å². The second-order valence-corrected chi connectivity index (χ2v) is 11.6. The molecule has 0 saturated carbocycles. The summed E-state index contributed by atoms with van der Waals surface area (Å²) in [6.07, 6.45) is 4.20. The van der Waals surface area contributed by atoms with Crippen LogP contribution >= 0.6 is 0 Å². The van der Waals surface area contributed by atoms with Gasteiger partial charge in [-0.1, -0.05) is 35.5 Å². The molecule has 15 heteroatoms. The molecule has 1 atom stereocenters. The molecule has 258 valence electrons. The summed E-state index contributed by atoms with van der Waals surface area (Å²) in [4.78, 5) is 54.6. The van der Waals surface area contributed by atoms with Crippen molar-refractivity contribution in [2.45, 2.75) is 38.8 Å². The predicted molar refractivity (Wildman–Crippen MR) is 180 cm³/mol. The summed E-state index contributed by atoms with van der Waals surface area (Å²) in [7, 11) is 1.52. The van der Waals surface area contributed by atoms with E-state index in [1.807, 2.05) is 37.3 Å². The molecule has 15 nitrogen and oxygen atoms in total. The molecule has 2 bridgehead atoms. The van der Waals surface area contributed by atoms with Crippen molar-refractivity contribution >= 4 is 17.7 Å². The van der Waals surface area contributed by atoms with Crippen molar-refractivity contribution in [3.8, 4) is 34.3 Å². The molecule has 2 aromatic carbocycles. The third kappa shape index (κ3) is 8.29. The van der Waals surface area contributed by atoms with Gasteiger partial charge in [-0.25, -0.2) is 9.67 Å². The van der Waals surface area contributed by atoms with Crippen LogP contribution in [0.15, 0.2) is 77.6 Å². The SMILES string of the molecule is COc1ccc2cc1OCCn1nc(-c3ccccc3)nc1[C@@H](C)NC(=O)CN(C(=O)CCCc1nc(-c3ccncc3)no1)CCNC2=O. The molecule has 0 radical (unpaired) electrons. The minimum absolute atomic E-state index is 0.104. The zero-order valence-corrected chi connectivity index (χ0v) is 27.7. The van der Waals surface area contributed by atoms with Gasteiger partial charge in [0.15, 0.2) is 17.3 Å². The number of nitrogens with zero attached hydrogens (tertiary/aromatic N) is 7. The van der Waals surface area contributed by atoms with E-state index >= 15 is 0 Å². The molecule has 50 heavy (non-hydrogen) atoms. The van der Waals surface area contributed by atoms with E-state index in [-0.39, 0.29) is 50.4 Å². The van der Waals surface area contributed by atoms with Gasteiger partial charge in [0.25, 0.3) is 5.91 Å². The van der Waals surface area contributed by atoms with Crippen LogP contribution in [0.4, 0.5) is 0 Å². The first-order valence-electron chi connectivity index (χ1n) is 16.3. The number of amides is 3. The van der Waals surface area contributed by atoms with Crippen molar-refractivity contribution in [3.05, 3.63) is 90.3 Å². The van der Waals surface area contributed by atoms with Crippen molar-refractivity contribution < 1.29 is 28.4 Å². The van der Waals surface area contributed by atoms with Crippen molar-refractivity contribution in [2.75, 3.05) is 33.4 Å². The number of nitrogens with one attached hydrogen (secondary N) is 2. The minimum atomic E-state index is -0.551. The van der Waals surface area contributed by atoms with E-state index < -0.39 is 6.04 Å². The molecule has 0 saturated heterocycles. The molecule has 1 aliphatic rings. The molecule has 0 spiro atoms. The van der Waals surface area contributed by atoms with Gasteiger partial charge in [-0.05, 0) is 43.7 Å². The second kappa shape index (κ2) is 15.9. The van der Waals surface area contributed by atoms with Crippen LogP contribution in [-0.4, -0.2) is 85.9 Å². The molecule has 0 unspecified atom stereocenters. The minimum Gasteiger partial charge on any atom is -0.493 e. The van der Waals surface area contributed by atoms with E-state index in [1.54, 1.807) is 47.4 Å². The number of hydrogen-bond donors (Lipinski definition) is 2. The van der Waals surface area contributed by atoms with E-state index in [0.717, 1.165) is 11.1 Å². The second-order valence-electron chi connectivity index (χ2n) is 11.6. The molecule has 0 fully saturated rings. The number of hydrogen-bond acceptors (Lipinski definition) is 11. The lowest BCUT2D eigenvalue weighted by Gasteiger charge is -2.23. The number of ether oxygens (including phenoxy) is 2. The fourth-order valence-electron chi connectivity index (χ4n) is 5.47. The van der Waals surface area contributed by atoms with Crippen molar-refractivity contribution in [2.24, 2.45) is 0 Å². The zero-order valence-electron chi connectivity index (χ0n) is 27.7. The average molecular weight is 680 g/mol. The van der Waals surface area contributed by atoms with Crippen LogP contribution in [0.3, 0.4) is 0 Å². The number of rotatable bonds is 7. The van der Waals surface area contributed by atoms with Gasteiger partial charge in [0.05, 0.1) is 26.2 Å². The monoisotopic (exact) mass is 679 g/mol. The Balaban J connectivity index is 1.19. The maximum Gasteiger partial charge on any atom is 0.251 e. The zero-order chi connectivity index (χ0) is 34.9. The number of aryl methyl sites for hydroxylation is 1. The largest absolute Gasteiger partial charge is 0.493 e. The average Bonchev–Trinajstić information content (AvgIpc) is 3.79. The summed E-state index contributed by atoms with van der Waals surface area (Å²) in [6, 6.07) is 17.4. The Hall–Kier alpha value is -6.12. The first kappa shape index (κ1) is 33.8. The van der Waals surface area contributed by atoms with Gasteiger partial charge in [0.1, 0.15) is 12.4 Å². The van der Waals surface area contributed by atoms with Gasteiger partial charge >= 0.3 is 0 Å². The lowest BCUT2D eigenvalue weighted by Crippen LogP contribution is -2.45. The summed E-state index contributed by atoms with van der Waals surface area (Å²) in [5.41, 5.74) is 1.95. The molecule has 3 aromatic heterocycles. The number of carbonyl (C=O) groups is 3. The van der Waals surface area contributed by atoms with Crippen molar-refractivity contribution in [1.29, 1.82) is 0 Å². The van der Waals surface area contributed by atoms with Gasteiger partial charge in [-0.15, -0.1) is 0 Å². The summed E-state index contributed by atoms with van der Waals surface area (Å²) in [6.45, 7) is 2.29. The molecule has 0 aliphatic carbocycles. The topological polar surface area (TPSA) is 179 Å². The molecule has 2 N–H and O–H groups in total. The highest BCUT2D eigenvalue weighted by Gasteiger charge is 2.23. The highest BCUT2D eigenvalue weighted by atomic mass is 16.5. The summed E-state index contributed by atoms with van der Waals surface area (Å²) >= 11 is 0. The van der Waals surface area contributed by atoms with E-state index in [4.69, 9.17) is 24.1 Å². The van der Waals surface area contributed by atoms with Gasteiger partial charge in [0, 0.05) is 55.0 Å². The molecular weight excluding hydrogens is 642 g/mol. The molecule has 1 aliphatic heterocycles. The number of pyridine rings is 1. The summed E-state index contributed by atoms with van der Waals surface area (Å²) in [5, 5.41) is 14.5. The van der Waals surface area contributed by atoms with Crippen LogP contribution in [0, 0.1) is 0 Å². The number of fused-ring (bicyclic) bond motifs is 3. The van der Waals surface area contributed by atoms with E-state index in [2.05, 4.69) is 25.8 Å². The van der Waals surface area contributed by atoms with Gasteiger partial charge < -0.3 is 29.5 Å². The summed E-state index contributed by atoms with van der Waals surface area (Å²) in [5.74, 6) is 1.71. The third-order valence-electron chi connectivity index (χ3n) is 8.03. The summed E-state index contributed by atoms with van der Waals surface area (Å²) < 4.78 is 18.6. The van der Waals surface area contributed by atoms with E-state index in [0.29, 0.717) is 59.8 Å². The Kier molecular flexibility index (Phi) is 10.7. The maximum atomic E-state index is 13.5. The third-order valence-corrected chi connectivity index (χ3v) is 8.03. The molecule has 5 aromatic rings. The van der Waals surface area contributed by atoms with Gasteiger partial charge in [0.2, 0.25) is 23.5 Å². The Morgan fingerprint density at radius 2 is 1.78 bits per heavy atom. The first-order valence-corrected chi connectivity index (χ1v) is 16.3. The maximum absolute atomic E-state index is 13.5. The van der Waals surface area contributed by atoms with Crippen LogP contribution in [0.25, 0.3) is 22.8 Å². The fraction of sp³-hybridized carbons (Fsp3) is 0.314. The van der Waals surface area contributed by atoms with Crippen LogP contribution in [0.2, 0.25) is 0 Å². The van der Waals surface area contributed by atoms with Gasteiger partial charge in [-0.3, -0.25) is 19.4 Å². The van der Waals surface area contributed by atoms with E-state index in [1.165, 1.54) is 12.0 Å². The van der Waals surface area contributed by atoms with Crippen LogP contribution in [0.5, 0.6) is 11.5 Å². The first-order chi connectivity index (χ1) is 24.4. The lowest BCUT2D eigenvalue weighted by atomic mass is 10.2. The lowest BCUT2D eigenvalue weighted by molar-refractivity contribution is -0.136. The predicted octanol–water partition coefficient (Wildman–Crippen LogP) is 3.25. The number of methoxy groups -OCH3 is 1.